The fourth-order valence-corrected chi connectivity index (χ4v) is 3.36. The summed E-state index contributed by atoms with van der Waals surface area (Å²) in [5.41, 5.74) is 0. The van der Waals surface area contributed by atoms with Gasteiger partial charge in [-0.25, -0.2) is 0 Å². The number of rotatable bonds is 3. The third kappa shape index (κ3) is 1.96. The van der Waals surface area contributed by atoms with Crippen molar-refractivity contribution in [1.29, 1.82) is 0 Å². The summed E-state index contributed by atoms with van der Waals surface area (Å²) in [6.45, 7) is 3.95. The molecule has 0 aliphatic carbocycles. The lowest BCUT2D eigenvalue weighted by molar-refractivity contribution is -0.000815. The van der Waals surface area contributed by atoms with Gasteiger partial charge in [0, 0.05) is 18.7 Å². The first kappa shape index (κ1) is 10.4. The zero-order valence-electron chi connectivity index (χ0n) is 9.28. The minimum absolute atomic E-state index is 0.410. The van der Waals surface area contributed by atoms with E-state index in [9.17, 15) is 5.11 Å². The van der Waals surface area contributed by atoms with Crippen LogP contribution < -0.4 is 0 Å². The van der Waals surface area contributed by atoms with Gasteiger partial charge in [0.25, 0.3) is 0 Å². The highest BCUT2D eigenvalue weighted by Crippen LogP contribution is 2.36. The Morgan fingerprint density at radius 3 is 2.36 bits per heavy atom. The molecule has 0 spiro atoms. The lowest BCUT2D eigenvalue weighted by Gasteiger charge is -2.48. The number of nitrogens with zero attached hydrogens (tertiary/aromatic N) is 1. The van der Waals surface area contributed by atoms with Crippen LogP contribution in [0.4, 0.5) is 0 Å². The highest BCUT2D eigenvalue weighted by atomic mass is 16.3. The van der Waals surface area contributed by atoms with Crippen LogP contribution in [0.25, 0.3) is 0 Å². The second-order valence-corrected chi connectivity index (χ2v) is 5.00. The molecule has 2 aliphatic rings. The molecule has 2 nitrogen and oxygen atoms in total. The molecule has 0 radical (unpaired) electrons. The van der Waals surface area contributed by atoms with Gasteiger partial charge in [0.2, 0.25) is 0 Å². The fraction of sp³-hybridized carbons (Fsp3) is 1.00. The van der Waals surface area contributed by atoms with Gasteiger partial charge in [-0.1, -0.05) is 13.3 Å². The summed E-state index contributed by atoms with van der Waals surface area (Å²) in [4.78, 5) is 2.72. The van der Waals surface area contributed by atoms with Crippen LogP contribution in [-0.2, 0) is 0 Å². The second-order valence-electron chi connectivity index (χ2n) is 5.00. The number of fused-ring (bicyclic) bond motifs is 2. The number of aliphatic hydroxyl groups excluding tert-OH is 1. The third-order valence-corrected chi connectivity index (χ3v) is 3.96. The molecule has 14 heavy (non-hydrogen) atoms. The minimum atomic E-state index is 0.410. The van der Waals surface area contributed by atoms with E-state index < -0.39 is 0 Å². The van der Waals surface area contributed by atoms with Gasteiger partial charge in [-0.05, 0) is 44.6 Å². The molecule has 2 fully saturated rings. The molecular formula is C12H23NO. The van der Waals surface area contributed by atoms with Gasteiger partial charge in [-0.15, -0.1) is 0 Å². The van der Waals surface area contributed by atoms with E-state index in [1.54, 1.807) is 0 Å². The number of aliphatic hydroxyl groups is 1. The summed E-state index contributed by atoms with van der Waals surface area (Å²) in [7, 11) is 0. The quantitative estimate of drug-likeness (QED) is 0.748. The van der Waals surface area contributed by atoms with Crippen molar-refractivity contribution in [3.8, 4) is 0 Å². The molecule has 2 unspecified atom stereocenters. The zero-order chi connectivity index (χ0) is 9.97. The molecule has 2 atom stereocenters. The Hall–Kier alpha value is -0.0800. The topological polar surface area (TPSA) is 23.5 Å². The maximum Gasteiger partial charge on any atom is 0.0460 e. The number of piperidine rings is 2. The largest absolute Gasteiger partial charge is 0.396 e. The predicted octanol–water partition coefficient (Wildman–Crippen LogP) is 2.02. The van der Waals surface area contributed by atoms with E-state index >= 15 is 0 Å². The van der Waals surface area contributed by atoms with Gasteiger partial charge < -0.3 is 5.11 Å². The minimum Gasteiger partial charge on any atom is -0.396 e. The maximum atomic E-state index is 9.24. The van der Waals surface area contributed by atoms with Crippen LogP contribution in [0.5, 0.6) is 0 Å². The second kappa shape index (κ2) is 4.63. The van der Waals surface area contributed by atoms with Gasteiger partial charge in [0.15, 0.2) is 0 Å². The average Bonchev–Trinajstić information content (AvgIpc) is 2.17. The van der Waals surface area contributed by atoms with E-state index in [-0.39, 0.29) is 0 Å². The molecule has 0 saturated carbocycles. The Bertz CT molecular complexity index is 169. The summed E-state index contributed by atoms with van der Waals surface area (Å²) in [6, 6.07) is 1.58. The first-order chi connectivity index (χ1) is 6.85. The molecule has 2 rings (SSSR count). The maximum absolute atomic E-state index is 9.24. The van der Waals surface area contributed by atoms with E-state index in [1.165, 1.54) is 45.1 Å². The van der Waals surface area contributed by atoms with Crippen LogP contribution in [0.15, 0.2) is 0 Å². The highest BCUT2D eigenvalue weighted by molar-refractivity contribution is 4.91. The molecule has 0 aromatic heterocycles. The van der Waals surface area contributed by atoms with Crippen LogP contribution in [0.1, 0.15) is 45.4 Å². The zero-order valence-corrected chi connectivity index (χ0v) is 9.28. The molecule has 2 saturated heterocycles. The smallest absolute Gasteiger partial charge is 0.0460 e. The van der Waals surface area contributed by atoms with Gasteiger partial charge in [-0.3, -0.25) is 4.90 Å². The van der Waals surface area contributed by atoms with Gasteiger partial charge >= 0.3 is 0 Å². The van der Waals surface area contributed by atoms with Crippen molar-refractivity contribution in [3.05, 3.63) is 0 Å². The molecule has 0 amide bonds. The van der Waals surface area contributed by atoms with Crippen molar-refractivity contribution >= 4 is 0 Å². The molecule has 2 aliphatic heterocycles. The molecule has 82 valence electrons. The van der Waals surface area contributed by atoms with E-state index in [2.05, 4.69) is 11.8 Å². The normalized spacial score (nSPS) is 38.6. The van der Waals surface area contributed by atoms with E-state index in [0.717, 1.165) is 12.1 Å². The Labute approximate surface area is 87.3 Å². The number of hydrogen-bond donors (Lipinski definition) is 1. The van der Waals surface area contributed by atoms with Crippen molar-refractivity contribution in [2.75, 3.05) is 13.2 Å². The molecule has 0 aromatic carbocycles. The lowest BCUT2D eigenvalue weighted by atomic mass is 9.78. The average molecular weight is 197 g/mol. The highest BCUT2D eigenvalue weighted by Gasteiger charge is 2.36. The monoisotopic (exact) mass is 197 g/mol. The summed E-state index contributed by atoms with van der Waals surface area (Å²) >= 11 is 0. The van der Waals surface area contributed by atoms with E-state index in [0.29, 0.717) is 12.5 Å². The van der Waals surface area contributed by atoms with Crippen LogP contribution >= 0.6 is 0 Å². The van der Waals surface area contributed by atoms with Gasteiger partial charge in [0.1, 0.15) is 0 Å². The van der Waals surface area contributed by atoms with Crippen molar-refractivity contribution in [2.24, 2.45) is 5.92 Å². The lowest BCUT2D eigenvalue weighted by Crippen LogP contribution is -2.52. The van der Waals surface area contributed by atoms with Crippen molar-refractivity contribution in [3.63, 3.8) is 0 Å². The molecule has 2 heteroatoms. The Morgan fingerprint density at radius 2 is 1.86 bits per heavy atom. The molecule has 1 N–H and O–H groups in total. The summed E-state index contributed by atoms with van der Waals surface area (Å²) in [5.74, 6) is 0.596. The van der Waals surface area contributed by atoms with E-state index in [1.807, 2.05) is 0 Å². The summed E-state index contributed by atoms with van der Waals surface area (Å²) in [5, 5.41) is 9.24. The third-order valence-electron chi connectivity index (χ3n) is 3.96. The van der Waals surface area contributed by atoms with Crippen LogP contribution in [0.2, 0.25) is 0 Å². The predicted molar refractivity (Wildman–Crippen MR) is 58.2 cm³/mol. The van der Waals surface area contributed by atoms with Gasteiger partial charge in [0.05, 0.1) is 0 Å². The first-order valence-corrected chi connectivity index (χ1v) is 6.21. The standard InChI is InChI=1S/C12H23NO/c1-2-6-13-11-4-3-5-12(13)8-10(7-11)9-14/h10-12,14H,2-9H2,1H3. The Kier molecular flexibility index (Phi) is 3.45. The number of hydrogen-bond acceptors (Lipinski definition) is 2. The van der Waals surface area contributed by atoms with Crippen molar-refractivity contribution < 1.29 is 5.11 Å². The first-order valence-electron chi connectivity index (χ1n) is 6.21. The Balaban J connectivity index is 1.99. The van der Waals surface area contributed by atoms with E-state index in [4.69, 9.17) is 0 Å². The molecular weight excluding hydrogens is 174 g/mol. The van der Waals surface area contributed by atoms with Crippen molar-refractivity contribution in [2.45, 2.75) is 57.5 Å². The molecule has 2 bridgehead atoms. The fourth-order valence-electron chi connectivity index (χ4n) is 3.36. The molecule has 2 heterocycles. The van der Waals surface area contributed by atoms with Crippen molar-refractivity contribution in [1.82, 2.24) is 4.90 Å². The van der Waals surface area contributed by atoms with Crippen LogP contribution in [-0.4, -0.2) is 35.2 Å². The van der Waals surface area contributed by atoms with Gasteiger partial charge in [-0.2, -0.15) is 0 Å². The van der Waals surface area contributed by atoms with Crippen LogP contribution in [0.3, 0.4) is 0 Å². The SMILES string of the molecule is CCCN1C2CCCC1CC(CO)C2. The summed E-state index contributed by atoms with van der Waals surface area (Å²) < 4.78 is 0. The summed E-state index contributed by atoms with van der Waals surface area (Å²) in [6.07, 6.45) is 7.91. The molecule has 0 aromatic rings. The van der Waals surface area contributed by atoms with Crippen LogP contribution in [0, 0.1) is 5.92 Å². The Morgan fingerprint density at radius 1 is 1.21 bits per heavy atom.